The number of carbonyl (C=O) groups is 1. The molecule has 0 radical (unpaired) electrons. The van der Waals surface area contributed by atoms with Gasteiger partial charge in [-0.25, -0.2) is 0 Å². The van der Waals surface area contributed by atoms with Crippen LogP contribution in [0.2, 0.25) is 0 Å². The van der Waals surface area contributed by atoms with Crippen molar-refractivity contribution >= 4 is 5.91 Å². The van der Waals surface area contributed by atoms with Crippen LogP contribution in [0.5, 0.6) is 0 Å². The van der Waals surface area contributed by atoms with Crippen LogP contribution >= 0.6 is 0 Å². The molecule has 0 bridgehead atoms. The first-order valence-corrected chi connectivity index (χ1v) is 10.4. The van der Waals surface area contributed by atoms with E-state index in [1.165, 1.54) is 19.3 Å². The van der Waals surface area contributed by atoms with E-state index in [1.807, 2.05) is 24.8 Å². The summed E-state index contributed by atoms with van der Waals surface area (Å²) in [6, 6.07) is 1.86. The molecular formula is C20H34N4O3. The highest BCUT2D eigenvalue weighted by Gasteiger charge is 2.37. The minimum atomic E-state index is 0.0201. The minimum Gasteiger partial charge on any atom is -0.396 e. The Hall–Kier alpha value is -1.44. The maximum Gasteiger partial charge on any atom is 0.272 e. The van der Waals surface area contributed by atoms with Crippen LogP contribution in [-0.2, 0) is 11.3 Å². The second kappa shape index (κ2) is 9.66. The molecule has 2 aliphatic heterocycles. The van der Waals surface area contributed by atoms with Crippen LogP contribution in [-0.4, -0.2) is 83.1 Å². The fraction of sp³-hybridized carbons (Fsp3) is 0.800. The van der Waals surface area contributed by atoms with Crippen LogP contribution in [0.1, 0.15) is 42.4 Å². The number of aliphatic hydroxyl groups is 1. The Kier molecular flexibility index (Phi) is 7.26. The van der Waals surface area contributed by atoms with Gasteiger partial charge in [-0.3, -0.25) is 9.48 Å². The fourth-order valence-corrected chi connectivity index (χ4v) is 4.34. The van der Waals surface area contributed by atoms with Crippen molar-refractivity contribution in [2.24, 2.45) is 11.8 Å². The van der Waals surface area contributed by atoms with E-state index in [0.717, 1.165) is 31.9 Å². The third kappa shape index (κ3) is 5.09. The molecule has 0 aliphatic carbocycles. The van der Waals surface area contributed by atoms with Gasteiger partial charge in [0.05, 0.1) is 18.8 Å². The molecule has 0 spiro atoms. The van der Waals surface area contributed by atoms with E-state index in [1.54, 1.807) is 4.68 Å². The maximum atomic E-state index is 13.1. The molecule has 152 valence electrons. The Balaban J connectivity index is 1.64. The average molecular weight is 379 g/mol. The van der Waals surface area contributed by atoms with Gasteiger partial charge in [0.2, 0.25) is 0 Å². The van der Waals surface area contributed by atoms with Gasteiger partial charge in [0.25, 0.3) is 5.91 Å². The molecule has 1 aromatic heterocycles. The van der Waals surface area contributed by atoms with Crippen molar-refractivity contribution in [3.63, 3.8) is 0 Å². The van der Waals surface area contributed by atoms with Crippen molar-refractivity contribution in [2.45, 2.75) is 39.7 Å². The molecule has 2 atom stereocenters. The van der Waals surface area contributed by atoms with E-state index in [0.29, 0.717) is 37.9 Å². The van der Waals surface area contributed by atoms with Crippen molar-refractivity contribution in [1.82, 2.24) is 19.6 Å². The molecule has 1 amide bonds. The molecule has 27 heavy (non-hydrogen) atoms. The minimum absolute atomic E-state index is 0.0201. The third-order valence-electron chi connectivity index (χ3n) is 5.81. The number of aryl methyl sites for hydroxylation is 1. The predicted octanol–water partition coefficient (Wildman–Crippen LogP) is 1.39. The van der Waals surface area contributed by atoms with Gasteiger partial charge in [0.15, 0.2) is 0 Å². The quantitative estimate of drug-likeness (QED) is 0.693. The van der Waals surface area contributed by atoms with Gasteiger partial charge in [-0.15, -0.1) is 0 Å². The summed E-state index contributed by atoms with van der Waals surface area (Å²) in [5, 5.41) is 14.3. The summed E-state index contributed by atoms with van der Waals surface area (Å²) in [6.07, 6.45) is 3.84. The number of aromatic nitrogens is 2. The fourth-order valence-electron chi connectivity index (χ4n) is 4.34. The van der Waals surface area contributed by atoms with E-state index in [9.17, 15) is 9.90 Å². The predicted molar refractivity (Wildman–Crippen MR) is 104 cm³/mol. The van der Waals surface area contributed by atoms with Crippen LogP contribution in [0.25, 0.3) is 0 Å². The Morgan fingerprint density at radius 1 is 1.26 bits per heavy atom. The highest BCUT2D eigenvalue weighted by Crippen LogP contribution is 2.27. The lowest BCUT2D eigenvalue weighted by Crippen LogP contribution is -2.37. The lowest BCUT2D eigenvalue weighted by Gasteiger charge is -2.30. The van der Waals surface area contributed by atoms with Crippen molar-refractivity contribution in [3.05, 3.63) is 17.5 Å². The molecule has 0 saturated carbocycles. The lowest BCUT2D eigenvalue weighted by atomic mass is 9.95. The summed E-state index contributed by atoms with van der Waals surface area (Å²) >= 11 is 0. The largest absolute Gasteiger partial charge is 0.396 e. The lowest BCUT2D eigenvalue weighted by molar-refractivity contribution is 0.0760. The SMILES string of the molecule is CCOCCn1nc(C)cc1C(=O)N1C[C@@H](CN2CCCCC2)[C@@H](CO)C1. The van der Waals surface area contributed by atoms with Crippen molar-refractivity contribution in [1.29, 1.82) is 0 Å². The summed E-state index contributed by atoms with van der Waals surface area (Å²) in [6.45, 7) is 10.4. The standard InChI is InChI=1S/C20H34N4O3/c1-3-27-10-9-24-19(11-16(2)21-24)20(26)23-13-17(18(14-23)15-25)12-22-7-5-4-6-8-22/h11,17-18,25H,3-10,12-15H2,1-2H3/t17-,18-/m1/s1. The van der Waals surface area contributed by atoms with Gasteiger partial charge < -0.3 is 19.6 Å². The van der Waals surface area contributed by atoms with Crippen molar-refractivity contribution in [3.8, 4) is 0 Å². The summed E-state index contributed by atoms with van der Waals surface area (Å²) in [5.74, 6) is 0.529. The van der Waals surface area contributed by atoms with E-state index < -0.39 is 0 Å². The first-order valence-electron chi connectivity index (χ1n) is 10.4. The van der Waals surface area contributed by atoms with E-state index in [4.69, 9.17) is 4.74 Å². The second-order valence-corrected chi connectivity index (χ2v) is 7.87. The highest BCUT2D eigenvalue weighted by molar-refractivity contribution is 5.93. The van der Waals surface area contributed by atoms with Gasteiger partial charge in [-0.1, -0.05) is 6.42 Å². The molecule has 2 saturated heterocycles. The number of hydrogen-bond donors (Lipinski definition) is 1. The zero-order chi connectivity index (χ0) is 19.2. The molecule has 0 unspecified atom stereocenters. The number of ether oxygens (including phenoxy) is 1. The average Bonchev–Trinajstić information content (AvgIpc) is 3.25. The van der Waals surface area contributed by atoms with E-state index in [-0.39, 0.29) is 18.4 Å². The molecule has 7 nitrogen and oxygen atoms in total. The topological polar surface area (TPSA) is 70.8 Å². The van der Waals surface area contributed by atoms with Gasteiger partial charge in [-0.2, -0.15) is 5.10 Å². The van der Waals surface area contributed by atoms with E-state index >= 15 is 0 Å². The van der Waals surface area contributed by atoms with Crippen LogP contribution in [0.15, 0.2) is 6.07 Å². The summed E-state index contributed by atoms with van der Waals surface area (Å²) in [4.78, 5) is 17.5. The van der Waals surface area contributed by atoms with Crippen LogP contribution in [0, 0.1) is 18.8 Å². The molecule has 3 rings (SSSR count). The molecule has 2 fully saturated rings. The van der Waals surface area contributed by atoms with Crippen LogP contribution < -0.4 is 0 Å². The summed E-state index contributed by atoms with van der Waals surface area (Å²) < 4.78 is 7.18. The third-order valence-corrected chi connectivity index (χ3v) is 5.81. The number of hydrogen-bond acceptors (Lipinski definition) is 5. The Labute approximate surface area is 162 Å². The Morgan fingerprint density at radius 2 is 2.00 bits per heavy atom. The molecule has 1 aromatic rings. The van der Waals surface area contributed by atoms with E-state index in [2.05, 4.69) is 10.00 Å². The number of amides is 1. The number of rotatable bonds is 8. The first-order chi connectivity index (χ1) is 13.1. The molecule has 2 aliphatic rings. The number of piperidine rings is 1. The smallest absolute Gasteiger partial charge is 0.272 e. The highest BCUT2D eigenvalue weighted by atomic mass is 16.5. The van der Waals surface area contributed by atoms with Gasteiger partial charge in [0, 0.05) is 38.8 Å². The maximum absolute atomic E-state index is 13.1. The Bertz CT molecular complexity index is 612. The molecule has 1 N–H and O–H groups in total. The number of nitrogens with zero attached hydrogens (tertiary/aromatic N) is 4. The van der Waals surface area contributed by atoms with Crippen molar-refractivity contribution in [2.75, 3.05) is 52.5 Å². The number of likely N-dealkylation sites (tertiary alicyclic amines) is 2. The number of carbonyl (C=O) groups excluding carboxylic acids is 1. The molecule has 7 heteroatoms. The molecular weight excluding hydrogens is 344 g/mol. The zero-order valence-corrected chi connectivity index (χ0v) is 16.8. The van der Waals surface area contributed by atoms with Crippen LogP contribution in [0.3, 0.4) is 0 Å². The van der Waals surface area contributed by atoms with Crippen molar-refractivity contribution < 1.29 is 14.6 Å². The normalized spacial score (nSPS) is 23.9. The summed E-state index contributed by atoms with van der Waals surface area (Å²) in [7, 11) is 0. The zero-order valence-electron chi connectivity index (χ0n) is 16.8. The number of aliphatic hydroxyl groups excluding tert-OH is 1. The first kappa shape index (κ1) is 20.3. The Morgan fingerprint density at radius 3 is 2.70 bits per heavy atom. The van der Waals surface area contributed by atoms with Gasteiger partial charge in [-0.05, 0) is 51.8 Å². The summed E-state index contributed by atoms with van der Waals surface area (Å²) in [5.41, 5.74) is 1.47. The monoisotopic (exact) mass is 378 g/mol. The van der Waals surface area contributed by atoms with Gasteiger partial charge in [0.1, 0.15) is 5.69 Å². The second-order valence-electron chi connectivity index (χ2n) is 7.87. The van der Waals surface area contributed by atoms with Gasteiger partial charge >= 0.3 is 0 Å². The molecule has 3 heterocycles. The molecule has 0 aromatic carbocycles. The van der Waals surface area contributed by atoms with Crippen LogP contribution in [0.4, 0.5) is 0 Å².